The fourth-order valence-corrected chi connectivity index (χ4v) is 3.09. The number of rotatable bonds is 4. The van der Waals surface area contributed by atoms with Crippen molar-refractivity contribution in [1.29, 1.82) is 0 Å². The SMILES string of the molecule is CCNC(=O)OC1CCN(c2n[nH]c(=O)c3cc(OC)c(O)cc23)CC1. The number of nitrogens with one attached hydrogen (secondary N) is 2. The molecule has 1 fully saturated rings. The molecule has 2 aromatic rings. The number of ether oxygens (including phenoxy) is 2. The predicted molar refractivity (Wildman–Crippen MR) is 96.0 cm³/mol. The van der Waals surface area contributed by atoms with Crippen LogP contribution in [0.15, 0.2) is 16.9 Å². The molecule has 3 N–H and O–H groups in total. The standard InChI is InChI=1S/C17H22N4O5/c1-3-18-17(24)26-10-4-6-21(7-5-10)15-11-8-13(22)14(25-2)9-12(11)16(23)20-19-15/h8-10,22H,3-7H2,1-2H3,(H,18,24)(H,20,23). The van der Waals surface area contributed by atoms with Crippen LogP contribution < -0.4 is 20.5 Å². The van der Waals surface area contributed by atoms with E-state index in [4.69, 9.17) is 9.47 Å². The smallest absolute Gasteiger partial charge is 0.407 e. The quantitative estimate of drug-likeness (QED) is 0.751. The van der Waals surface area contributed by atoms with Gasteiger partial charge in [0.25, 0.3) is 5.56 Å². The van der Waals surface area contributed by atoms with E-state index >= 15 is 0 Å². The van der Waals surface area contributed by atoms with Crippen molar-refractivity contribution in [3.63, 3.8) is 0 Å². The molecule has 3 rings (SSSR count). The van der Waals surface area contributed by atoms with Gasteiger partial charge >= 0.3 is 6.09 Å². The number of amides is 1. The Morgan fingerprint density at radius 2 is 2.12 bits per heavy atom. The number of benzene rings is 1. The molecule has 1 amide bonds. The summed E-state index contributed by atoms with van der Waals surface area (Å²) in [6.07, 6.45) is 0.749. The Bertz CT molecular complexity index is 858. The molecule has 0 spiro atoms. The highest BCUT2D eigenvalue weighted by molar-refractivity contribution is 5.93. The number of hydrogen-bond donors (Lipinski definition) is 3. The Labute approximate surface area is 149 Å². The van der Waals surface area contributed by atoms with Gasteiger partial charge in [-0.25, -0.2) is 9.89 Å². The van der Waals surface area contributed by atoms with Gasteiger partial charge in [0.15, 0.2) is 17.3 Å². The molecule has 0 radical (unpaired) electrons. The highest BCUT2D eigenvalue weighted by atomic mass is 16.6. The van der Waals surface area contributed by atoms with E-state index in [9.17, 15) is 14.7 Å². The van der Waals surface area contributed by atoms with Crippen molar-refractivity contribution in [2.75, 3.05) is 31.6 Å². The molecular weight excluding hydrogens is 340 g/mol. The Morgan fingerprint density at radius 1 is 1.38 bits per heavy atom. The summed E-state index contributed by atoms with van der Waals surface area (Å²) >= 11 is 0. The first-order valence-corrected chi connectivity index (χ1v) is 8.52. The summed E-state index contributed by atoms with van der Waals surface area (Å²) < 4.78 is 10.4. The first-order valence-electron chi connectivity index (χ1n) is 8.52. The molecular formula is C17H22N4O5. The summed E-state index contributed by atoms with van der Waals surface area (Å²) in [6, 6.07) is 2.99. The van der Waals surface area contributed by atoms with Gasteiger partial charge in [0.1, 0.15) is 6.10 Å². The molecule has 1 aliphatic rings. The monoisotopic (exact) mass is 362 g/mol. The number of piperidine rings is 1. The minimum absolute atomic E-state index is 0.0527. The lowest BCUT2D eigenvalue weighted by Crippen LogP contribution is -2.40. The number of H-pyrrole nitrogens is 1. The second-order valence-electron chi connectivity index (χ2n) is 6.07. The van der Waals surface area contributed by atoms with Gasteiger partial charge in [-0.1, -0.05) is 0 Å². The van der Waals surface area contributed by atoms with Gasteiger partial charge < -0.3 is 24.8 Å². The number of anilines is 1. The van der Waals surface area contributed by atoms with Gasteiger partial charge in [-0.2, -0.15) is 5.10 Å². The molecule has 140 valence electrons. The van der Waals surface area contributed by atoms with Crippen LogP contribution in [0.1, 0.15) is 19.8 Å². The molecule has 1 aromatic carbocycles. The highest BCUT2D eigenvalue weighted by Gasteiger charge is 2.25. The number of aromatic hydroxyl groups is 1. The molecule has 1 aromatic heterocycles. The molecule has 1 aliphatic heterocycles. The zero-order chi connectivity index (χ0) is 18.7. The molecule has 9 heteroatoms. The molecule has 0 bridgehead atoms. The van der Waals surface area contributed by atoms with E-state index in [0.29, 0.717) is 49.1 Å². The van der Waals surface area contributed by atoms with E-state index in [0.717, 1.165) is 0 Å². The summed E-state index contributed by atoms with van der Waals surface area (Å²) in [7, 11) is 1.43. The van der Waals surface area contributed by atoms with E-state index in [2.05, 4.69) is 15.5 Å². The Hall–Kier alpha value is -2.97. The normalized spacial score (nSPS) is 15.1. The fraction of sp³-hybridized carbons (Fsp3) is 0.471. The number of fused-ring (bicyclic) bond motifs is 1. The average molecular weight is 362 g/mol. The lowest BCUT2D eigenvalue weighted by Gasteiger charge is -2.32. The van der Waals surface area contributed by atoms with E-state index < -0.39 is 6.09 Å². The average Bonchev–Trinajstić information content (AvgIpc) is 2.63. The number of methoxy groups -OCH3 is 1. The van der Waals surface area contributed by atoms with Crippen LogP contribution in [-0.4, -0.2) is 54.2 Å². The topological polar surface area (TPSA) is 117 Å². The van der Waals surface area contributed by atoms with E-state index in [1.165, 1.54) is 19.2 Å². The summed E-state index contributed by atoms with van der Waals surface area (Å²) in [5.74, 6) is 0.756. The first kappa shape index (κ1) is 17.8. The van der Waals surface area contributed by atoms with Crippen molar-refractivity contribution < 1.29 is 19.4 Å². The lowest BCUT2D eigenvalue weighted by molar-refractivity contribution is 0.0836. The number of carbonyl (C=O) groups is 1. The van der Waals surface area contributed by atoms with Crippen molar-refractivity contribution in [2.45, 2.75) is 25.9 Å². The number of carbonyl (C=O) groups excluding carboxylic acids is 1. The maximum Gasteiger partial charge on any atom is 0.407 e. The number of nitrogens with zero attached hydrogens (tertiary/aromatic N) is 2. The van der Waals surface area contributed by atoms with Crippen LogP contribution in [0.25, 0.3) is 10.8 Å². The molecule has 0 unspecified atom stereocenters. The Balaban J connectivity index is 1.81. The van der Waals surface area contributed by atoms with Gasteiger partial charge in [-0.3, -0.25) is 4.79 Å². The minimum atomic E-state index is -0.407. The molecule has 0 saturated carbocycles. The molecule has 26 heavy (non-hydrogen) atoms. The van der Waals surface area contributed by atoms with E-state index in [-0.39, 0.29) is 23.2 Å². The van der Waals surface area contributed by atoms with Crippen LogP contribution in [0.2, 0.25) is 0 Å². The van der Waals surface area contributed by atoms with Gasteiger partial charge in [0.05, 0.1) is 12.5 Å². The number of phenolic OH excluding ortho intramolecular Hbond substituents is 1. The first-order chi connectivity index (χ1) is 12.5. The van der Waals surface area contributed by atoms with Gasteiger partial charge in [0, 0.05) is 37.9 Å². The predicted octanol–water partition coefficient (Wildman–Crippen LogP) is 1.35. The van der Waals surface area contributed by atoms with Gasteiger partial charge in [-0.15, -0.1) is 0 Å². The van der Waals surface area contributed by atoms with E-state index in [1.807, 2.05) is 11.8 Å². The number of hydrogen-bond acceptors (Lipinski definition) is 7. The molecule has 9 nitrogen and oxygen atoms in total. The van der Waals surface area contributed by atoms with Crippen LogP contribution >= 0.6 is 0 Å². The second-order valence-corrected chi connectivity index (χ2v) is 6.07. The number of phenols is 1. The molecule has 0 atom stereocenters. The van der Waals surface area contributed by atoms with Crippen molar-refractivity contribution in [2.24, 2.45) is 0 Å². The number of alkyl carbamates (subject to hydrolysis) is 1. The zero-order valence-electron chi connectivity index (χ0n) is 14.7. The van der Waals surface area contributed by atoms with Crippen LogP contribution in [0, 0.1) is 0 Å². The molecule has 0 aliphatic carbocycles. The number of aromatic nitrogens is 2. The van der Waals surface area contributed by atoms with Crippen LogP contribution in [0.4, 0.5) is 10.6 Å². The van der Waals surface area contributed by atoms with Gasteiger partial charge in [0.2, 0.25) is 0 Å². The van der Waals surface area contributed by atoms with Crippen molar-refractivity contribution in [3.8, 4) is 11.5 Å². The van der Waals surface area contributed by atoms with E-state index in [1.54, 1.807) is 0 Å². The summed E-state index contributed by atoms with van der Waals surface area (Å²) in [4.78, 5) is 25.6. The maximum absolute atomic E-state index is 12.1. The third-order valence-electron chi connectivity index (χ3n) is 4.40. The number of aromatic amines is 1. The van der Waals surface area contributed by atoms with Crippen LogP contribution in [-0.2, 0) is 4.74 Å². The second kappa shape index (κ2) is 7.51. The lowest BCUT2D eigenvalue weighted by atomic mass is 10.1. The van der Waals surface area contributed by atoms with Crippen molar-refractivity contribution >= 4 is 22.7 Å². The van der Waals surface area contributed by atoms with Crippen LogP contribution in [0.5, 0.6) is 11.5 Å². The Morgan fingerprint density at radius 3 is 2.77 bits per heavy atom. The molecule has 2 heterocycles. The molecule has 1 saturated heterocycles. The van der Waals surface area contributed by atoms with Crippen LogP contribution in [0.3, 0.4) is 0 Å². The fourth-order valence-electron chi connectivity index (χ4n) is 3.09. The summed E-state index contributed by atoms with van der Waals surface area (Å²) in [5, 5.41) is 20.3. The van der Waals surface area contributed by atoms with Gasteiger partial charge in [-0.05, 0) is 19.1 Å². The zero-order valence-corrected chi connectivity index (χ0v) is 14.7. The maximum atomic E-state index is 12.1. The highest BCUT2D eigenvalue weighted by Crippen LogP contribution is 2.34. The third kappa shape index (κ3) is 3.51. The summed E-state index contributed by atoms with van der Waals surface area (Å²) in [6.45, 7) is 3.59. The van der Waals surface area contributed by atoms with Crippen molar-refractivity contribution in [3.05, 3.63) is 22.5 Å². The third-order valence-corrected chi connectivity index (χ3v) is 4.40. The van der Waals surface area contributed by atoms with Crippen molar-refractivity contribution in [1.82, 2.24) is 15.5 Å². The summed E-state index contributed by atoms with van der Waals surface area (Å²) in [5.41, 5.74) is -0.350. The largest absolute Gasteiger partial charge is 0.504 e. The Kier molecular flexibility index (Phi) is 5.15. The minimum Gasteiger partial charge on any atom is -0.504 e.